The molecule has 0 spiro atoms. The van der Waals surface area contributed by atoms with Gasteiger partial charge in [-0.3, -0.25) is 4.90 Å². The maximum absolute atomic E-state index is 9.16. The number of nitrogens with zero attached hydrogens (tertiary/aromatic N) is 1. The Balaban J connectivity index is 4.10. The van der Waals surface area contributed by atoms with Gasteiger partial charge in [0.15, 0.2) is 0 Å². The molecule has 0 aliphatic rings. The van der Waals surface area contributed by atoms with Crippen molar-refractivity contribution < 1.29 is 15.3 Å². The zero-order chi connectivity index (χ0) is 11.0. The molecule has 0 aromatic rings. The van der Waals surface area contributed by atoms with Crippen LogP contribution in [0.3, 0.4) is 0 Å². The highest BCUT2D eigenvalue weighted by atomic mass is 32.1. The first kappa shape index (κ1) is 14.2. The van der Waals surface area contributed by atoms with Gasteiger partial charge in [0.1, 0.15) is 0 Å². The van der Waals surface area contributed by atoms with Gasteiger partial charge in [-0.2, -0.15) is 12.6 Å². The highest BCUT2D eigenvalue weighted by Gasteiger charge is 2.17. The molecule has 0 saturated heterocycles. The first-order valence-corrected chi connectivity index (χ1v) is 5.42. The average molecular weight is 223 g/mol. The van der Waals surface area contributed by atoms with Crippen molar-refractivity contribution in [1.29, 1.82) is 0 Å². The van der Waals surface area contributed by atoms with E-state index in [4.69, 9.17) is 15.3 Å². The second-order valence-electron chi connectivity index (χ2n) is 3.40. The van der Waals surface area contributed by atoms with Gasteiger partial charge >= 0.3 is 0 Å². The fourth-order valence-electron chi connectivity index (χ4n) is 1.47. The van der Waals surface area contributed by atoms with Crippen LogP contribution in [-0.2, 0) is 0 Å². The lowest BCUT2D eigenvalue weighted by atomic mass is 10.1. The number of hydrogen-bond acceptors (Lipinski definition) is 5. The number of rotatable bonds is 8. The van der Waals surface area contributed by atoms with Crippen molar-refractivity contribution in [3.63, 3.8) is 0 Å². The summed E-state index contributed by atoms with van der Waals surface area (Å²) in [6.07, 6.45) is 0.750. The Bertz CT molecular complexity index is 129. The van der Waals surface area contributed by atoms with Gasteiger partial charge < -0.3 is 15.3 Å². The molecule has 0 rings (SSSR count). The average Bonchev–Trinajstić information content (AvgIpc) is 2.13. The minimum absolute atomic E-state index is 0.0261. The lowest BCUT2D eigenvalue weighted by Crippen LogP contribution is -2.42. The third-order valence-corrected chi connectivity index (χ3v) is 2.33. The molecular weight excluding hydrogens is 202 g/mol. The van der Waals surface area contributed by atoms with Gasteiger partial charge in [-0.25, -0.2) is 0 Å². The van der Waals surface area contributed by atoms with E-state index < -0.39 is 0 Å². The van der Waals surface area contributed by atoms with Crippen molar-refractivity contribution >= 4 is 12.6 Å². The molecule has 3 N–H and O–H groups in total. The Kier molecular flexibility index (Phi) is 8.61. The van der Waals surface area contributed by atoms with Crippen LogP contribution < -0.4 is 0 Å². The summed E-state index contributed by atoms with van der Waals surface area (Å²) < 4.78 is 0. The number of thiol groups is 1. The van der Waals surface area contributed by atoms with E-state index in [2.05, 4.69) is 12.6 Å². The SMILES string of the molecule is CC(S)CC(CO)N(CCO)CCO. The van der Waals surface area contributed by atoms with Gasteiger partial charge in [-0.05, 0) is 6.42 Å². The largest absolute Gasteiger partial charge is 0.395 e. The third-order valence-electron chi connectivity index (χ3n) is 2.11. The molecule has 14 heavy (non-hydrogen) atoms. The standard InChI is InChI=1S/C9H21NO3S/c1-8(14)6-9(7-13)10(2-4-11)3-5-12/h8-9,11-14H,2-7H2,1H3. The van der Waals surface area contributed by atoms with Gasteiger partial charge in [-0.15, -0.1) is 0 Å². The molecule has 4 nitrogen and oxygen atoms in total. The summed E-state index contributed by atoms with van der Waals surface area (Å²) in [4.78, 5) is 1.88. The molecule has 0 bridgehead atoms. The lowest BCUT2D eigenvalue weighted by molar-refractivity contribution is 0.0800. The van der Waals surface area contributed by atoms with Gasteiger partial charge in [0.05, 0.1) is 19.8 Å². The van der Waals surface area contributed by atoms with E-state index in [0.717, 1.165) is 6.42 Å². The zero-order valence-corrected chi connectivity index (χ0v) is 9.53. The van der Waals surface area contributed by atoms with E-state index in [9.17, 15) is 0 Å². The fourth-order valence-corrected chi connectivity index (χ4v) is 1.71. The van der Waals surface area contributed by atoms with Crippen molar-refractivity contribution in [3.8, 4) is 0 Å². The minimum atomic E-state index is -0.0261. The first-order chi connectivity index (χ1) is 6.65. The second-order valence-corrected chi connectivity index (χ2v) is 4.29. The van der Waals surface area contributed by atoms with Gasteiger partial charge in [-0.1, -0.05) is 6.92 Å². The van der Waals surface area contributed by atoms with Gasteiger partial charge in [0.25, 0.3) is 0 Å². The van der Waals surface area contributed by atoms with Crippen LogP contribution >= 0.6 is 12.6 Å². The summed E-state index contributed by atoms with van der Waals surface area (Å²) in [6, 6.07) is -0.0261. The van der Waals surface area contributed by atoms with Crippen LogP contribution in [0.2, 0.25) is 0 Å². The van der Waals surface area contributed by atoms with Crippen molar-refractivity contribution in [3.05, 3.63) is 0 Å². The van der Waals surface area contributed by atoms with E-state index in [-0.39, 0.29) is 31.1 Å². The second kappa shape index (κ2) is 8.49. The van der Waals surface area contributed by atoms with Crippen LogP contribution in [0.5, 0.6) is 0 Å². The summed E-state index contributed by atoms with van der Waals surface area (Å²) in [7, 11) is 0. The number of hydrogen-bond donors (Lipinski definition) is 4. The molecule has 0 aliphatic carbocycles. The highest BCUT2D eigenvalue weighted by Crippen LogP contribution is 2.10. The lowest BCUT2D eigenvalue weighted by Gasteiger charge is -2.30. The molecule has 0 aromatic heterocycles. The first-order valence-electron chi connectivity index (χ1n) is 4.90. The Labute approximate surface area is 91.0 Å². The molecule has 86 valence electrons. The Morgan fingerprint density at radius 2 is 1.64 bits per heavy atom. The molecular formula is C9H21NO3S. The molecule has 0 aromatic carbocycles. The quantitative estimate of drug-likeness (QED) is 0.413. The normalized spacial score (nSPS) is 15.9. The van der Waals surface area contributed by atoms with Crippen LogP contribution in [0.4, 0.5) is 0 Å². The molecule has 0 fully saturated rings. The van der Waals surface area contributed by atoms with E-state index in [1.807, 2.05) is 11.8 Å². The van der Waals surface area contributed by atoms with Crippen LogP contribution in [-0.4, -0.2) is 64.4 Å². The van der Waals surface area contributed by atoms with Crippen molar-refractivity contribution in [2.75, 3.05) is 32.9 Å². The van der Waals surface area contributed by atoms with Gasteiger partial charge in [0, 0.05) is 24.4 Å². The zero-order valence-electron chi connectivity index (χ0n) is 8.63. The van der Waals surface area contributed by atoms with Crippen LogP contribution in [0.25, 0.3) is 0 Å². The summed E-state index contributed by atoms with van der Waals surface area (Å²) in [5.74, 6) is 0. The molecule has 0 aliphatic heterocycles. The van der Waals surface area contributed by atoms with Crippen LogP contribution in [0.15, 0.2) is 0 Å². The molecule has 0 saturated carbocycles. The predicted molar refractivity (Wildman–Crippen MR) is 59.7 cm³/mol. The smallest absolute Gasteiger partial charge is 0.0587 e. The molecule has 2 atom stereocenters. The van der Waals surface area contributed by atoms with Crippen LogP contribution in [0, 0.1) is 0 Å². The van der Waals surface area contributed by atoms with Crippen LogP contribution in [0.1, 0.15) is 13.3 Å². The molecule has 5 heteroatoms. The molecule has 0 radical (unpaired) electrons. The van der Waals surface area contributed by atoms with E-state index in [1.165, 1.54) is 0 Å². The van der Waals surface area contributed by atoms with Crippen molar-refractivity contribution in [2.24, 2.45) is 0 Å². The summed E-state index contributed by atoms with van der Waals surface area (Å²) >= 11 is 4.26. The van der Waals surface area contributed by atoms with E-state index in [0.29, 0.717) is 13.1 Å². The van der Waals surface area contributed by atoms with Crippen molar-refractivity contribution in [2.45, 2.75) is 24.6 Å². The topological polar surface area (TPSA) is 63.9 Å². The van der Waals surface area contributed by atoms with Gasteiger partial charge in [0.2, 0.25) is 0 Å². The maximum Gasteiger partial charge on any atom is 0.0587 e. The summed E-state index contributed by atoms with van der Waals surface area (Å²) in [6.45, 7) is 3.03. The molecule has 0 heterocycles. The number of aliphatic hydroxyl groups is 3. The molecule has 0 amide bonds. The minimum Gasteiger partial charge on any atom is -0.395 e. The molecule has 2 unspecified atom stereocenters. The summed E-state index contributed by atoms with van der Waals surface area (Å²) in [5.41, 5.74) is 0. The maximum atomic E-state index is 9.16. The van der Waals surface area contributed by atoms with E-state index in [1.54, 1.807) is 0 Å². The predicted octanol–water partition coefficient (Wildman–Crippen LogP) is -0.658. The monoisotopic (exact) mass is 223 g/mol. The Morgan fingerprint density at radius 3 is 1.93 bits per heavy atom. The fraction of sp³-hybridized carbons (Fsp3) is 1.00. The number of aliphatic hydroxyl groups excluding tert-OH is 3. The van der Waals surface area contributed by atoms with E-state index >= 15 is 0 Å². The summed E-state index contributed by atoms with van der Waals surface area (Å²) in [5, 5.41) is 27.0. The Morgan fingerprint density at radius 1 is 1.14 bits per heavy atom. The Hall–Kier alpha value is 0.190. The highest BCUT2D eigenvalue weighted by molar-refractivity contribution is 7.80. The third kappa shape index (κ3) is 5.82. The van der Waals surface area contributed by atoms with Crippen molar-refractivity contribution in [1.82, 2.24) is 4.90 Å².